The molecule has 0 spiro atoms. The molecule has 3 heterocycles. The summed E-state index contributed by atoms with van der Waals surface area (Å²) in [6.45, 7) is 4.98. The number of piperazine rings is 1. The van der Waals surface area contributed by atoms with Crippen LogP contribution in [-0.4, -0.2) is 65.5 Å². The molecule has 2 amide bonds. The number of amides is 2. The molecule has 0 radical (unpaired) electrons. The van der Waals surface area contributed by atoms with Gasteiger partial charge in [0.15, 0.2) is 10.9 Å². The van der Waals surface area contributed by atoms with Gasteiger partial charge in [0.2, 0.25) is 11.0 Å². The van der Waals surface area contributed by atoms with E-state index in [0.29, 0.717) is 44.2 Å². The molecule has 1 N–H and O–H groups in total. The first-order valence-electron chi connectivity index (χ1n) is 10.5. The SMILES string of the molecule is Cc1ccc(OCC(=O)N2CCN(c3nnc(SCC(=O)NCc4ccco4)s3)CC2)cc1. The summed E-state index contributed by atoms with van der Waals surface area (Å²) < 4.78 is 11.5. The molecule has 11 heteroatoms. The number of furan rings is 1. The van der Waals surface area contributed by atoms with Gasteiger partial charge in [0.05, 0.1) is 18.6 Å². The van der Waals surface area contributed by atoms with Crippen LogP contribution in [0.25, 0.3) is 0 Å². The van der Waals surface area contributed by atoms with Crippen molar-refractivity contribution in [1.29, 1.82) is 0 Å². The lowest BCUT2D eigenvalue weighted by Crippen LogP contribution is -2.50. The fourth-order valence-electron chi connectivity index (χ4n) is 3.18. The van der Waals surface area contributed by atoms with Gasteiger partial charge < -0.3 is 24.3 Å². The van der Waals surface area contributed by atoms with E-state index < -0.39 is 0 Å². The molecule has 33 heavy (non-hydrogen) atoms. The second-order valence-corrected chi connectivity index (χ2v) is 9.64. The van der Waals surface area contributed by atoms with Crippen molar-refractivity contribution >= 4 is 40.0 Å². The number of hydrogen-bond donors (Lipinski definition) is 1. The Bertz CT molecular complexity index is 1050. The Morgan fingerprint density at radius 3 is 2.67 bits per heavy atom. The van der Waals surface area contributed by atoms with Gasteiger partial charge in [-0.3, -0.25) is 9.59 Å². The maximum absolute atomic E-state index is 12.5. The van der Waals surface area contributed by atoms with Gasteiger partial charge in [-0.1, -0.05) is 40.8 Å². The first-order chi connectivity index (χ1) is 16.1. The summed E-state index contributed by atoms with van der Waals surface area (Å²) >= 11 is 2.81. The lowest BCUT2D eigenvalue weighted by Gasteiger charge is -2.34. The van der Waals surface area contributed by atoms with E-state index >= 15 is 0 Å². The first-order valence-corrected chi connectivity index (χ1v) is 12.3. The van der Waals surface area contributed by atoms with Crippen molar-refractivity contribution < 1.29 is 18.7 Å². The van der Waals surface area contributed by atoms with E-state index in [1.807, 2.05) is 42.2 Å². The predicted octanol–water partition coefficient (Wildman–Crippen LogP) is 2.58. The number of nitrogens with zero attached hydrogens (tertiary/aromatic N) is 4. The number of carbonyl (C=O) groups is 2. The van der Waals surface area contributed by atoms with Crippen molar-refractivity contribution in [2.24, 2.45) is 0 Å². The van der Waals surface area contributed by atoms with E-state index in [9.17, 15) is 9.59 Å². The zero-order chi connectivity index (χ0) is 23.0. The third-order valence-electron chi connectivity index (χ3n) is 5.05. The molecule has 1 aliphatic heterocycles. The number of hydrogen-bond acceptors (Lipinski definition) is 9. The van der Waals surface area contributed by atoms with Gasteiger partial charge in [0, 0.05) is 26.2 Å². The van der Waals surface area contributed by atoms with Crippen LogP contribution >= 0.6 is 23.1 Å². The molecule has 0 unspecified atom stereocenters. The number of nitrogens with one attached hydrogen (secondary N) is 1. The largest absolute Gasteiger partial charge is 0.484 e. The highest BCUT2D eigenvalue weighted by atomic mass is 32.2. The van der Waals surface area contributed by atoms with Crippen molar-refractivity contribution in [1.82, 2.24) is 20.4 Å². The summed E-state index contributed by atoms with van der Waals surface area (Å²) in [6, 6.07) is 11.3. The van der Waals surface area contributed by atoms with Gasteiger partial charge in [0.1, 0.15) is 11.5 Å². The Labute approximate surface area is 200 Å². The quantitative estimate of drug-likeness (QED) is 0.460. The number of carbonyl (C=O) groups excluding carboxylic acids is 2. The maximum atomic E-state index is 12.5. The highest BCUT2D eigenvalue weighted by Gasteiger charge is 2.24. The molecule has 9 nitrogen and oxygen atoms in total. The zero-order valence-corrected chi connectivity index (χ0v) is 19.9. The highest BCUT2D eigenvalue weighted by Crippen LogP contribution is 2.28. The number of ether oxygens (including phenoxy) is 1. The molecule has 1 aliphatic rings. The van der Waals surface area contributed by atoms with Crippen LogP contribution in [0.3, 0.4) is 0 Å². The van der Waals surface area contributed by atoms with E-state index in [2.05, 4.69) is 20.4 Å². The molecular formula is C22H25N5O4S2. The maximum Gasteiger partial charge on any atom is 0.260 e. The zero-order valence-electron chi connectivity index (χ0n) is 18.2. The average Bonchev–Trinajstić information content (AvgIpc) is 3.53. The first kappa shape index (κ1) is 23.1. The number of benzene rings is 1. The smallest absolute Gasteiger partial charge is 0.260 e. The van der Waals surface area contributed by atoms with Gasteiger partial charge in [-0.25, -0.2) is 0 Å². The van der Waals surface area contributed by atoms with Crippen molar-refractivity contribution in [2.75, 3.05) is 43.4 Å². The second-order valence-electron chi connectivity index (χ2n) is 7.46. The summed E-state index contributed by atoms with van der Waals surface area (Å²) in [7, 11) is 0. The number of thioether (sulfide) groups is 1. The molecule has 4 rings (SSSR count). The van der Waals surface area contributed by atoms with Gasteiger partial charge in [-0.05, 0) is 31.2 Å². The Morgan fingerprint density at radius 1 is 1.15 bits per heavy atom. The monoisotopic (exact) mass is 487 g/mol. The topological polar surface area (TPSA) is 101 Å². The van der Waals surface area contributed by atoms with Gasteiger partial charge in [-0.2, -0.15) is 0 Å². The van der Waals surface area contributed by atoms with Crippen molar-refractivity contribution in [3.63, 3.8) is 0 Å². The van der Waals surface area contributed by atoms with Crippen LogP contribution < -0.4 is 15.0 Å². The average molecular weight is 488 g/mol. The van der Waals surface area contributed by atoms with E-state index in [1.165, 1.54) is 23.1 Å². The van der Waals surface area contributed by atoms with Crippen LogP contribution in [0.15, 0.2) is 51.4 Å². The molecule has 0 aliphatic carbocycles. The molecular weight excluding hydrogens is 462 g/mol. The summed E-state index contributed by atoms with van der Waals surface area (Å²) in [5, 5.41) is 12.1. The van der Waals surface area contributed by atoms with Crippen molar-refractivity contribution in [3.8, 4) is 5.75 Å². The van der Waals surface area contributed by atoms with E-state index in [-0.39, 0.29) is 24.2 Å². The Hall–Kier alpha value is -3.05. The van der Waals surface area contributed by atoms with E-state index in [1.54, 1.807) is 12.3 Å². The van der Waals surface area contributed by atoms with E-state index in [0.717, 1.165) is 15.0 Å². The fraction of sp³-hybridized carbons (Fsp3) is 0.364. The minimum Gasteiger partial charge on any atom is -0.484 e. The molecule has 1 aromatic carbocycles. The summed E-state index contributed by atoms with van der Waals surface area (Å²) in [4.78, 5) is 28.4. The normalized spacial score (nSPS) is 13.7. The third-order valence-corrected chi connectivity index (χ3v) is 7.17. The molecule has 1 fully saturated rings. The van der Waals surface area contributed by atoms with Crippen LogP contribution in [0.1, 0.15) is 11.3 Å². The van der Waals surface area contributed by atoms with Crippen LogP contribution in [0, 0.1) is 6.92 Å². The molecule has 0 bridgehead atoms. The number of rotatable bonds is 9. The van der Waals surface area contributed by atoms with Gasteiger partial charge >= 0.3 is 0 Å². The number of aryl methyl sites for hydroxylation is 1. The predicted molar refractivity (Wildman–Crippen MR) is 127 cm³/mol. The number of aromatic nitrogens is 2. The number of anilines is 1. The molecule has 2 aromatic heterocycles. The van der Waals surface area contributed by atoms with Gasteiger partial charge in [-0.15, -0.1) is 10.2 Å². The minimum atomic E-state index is -0.0897. The molecule has 0 atom stereocenters. The van der Waals surface area contributed by atoms with Crippen molar-refractivity contribution in [3.05, 3.63) is 54.0 Å². The van der Waals surface area contributed by atoms with Crippen molar-refractivity contribution in [2.45, 2.75) is 17.8 Å². The molecule has 0 saturated carbocycles. The van der Waals surface area contributed by atoms with E-state index in [4.69, 9.17) is 9.15 Å². The molecule has 174 valence electrons. The second kappa shape index (κ2) is 11.2. The van der Waals surface area contributed by atoms with Crippen LogP contribution in [0.4, 0.5) is 5.13 Å². The summed E-state index contributed by atoms with van der Waals surface area (Å²) in [5.74, 6) is 1.56. The standard InChI is InChI=1S/C22H25N5O4S2/c1-16-4-6-17(7-5-16)31-14-20(29)26-8-10-27(11-9-26)21-24-25-22(33-21)32-15-19(28)23-13-18-3-2-12-30-18/h2-7,12H,8-11,13-15H2,1H3,(H,23,28). The van der Waals surface area contributed by atoms with Crippen LogP contribution in [-0.2, 0) is 16.1 Å². The molecule has 3 aromatic rings. The summed E-state index contributed by atoms with van der Waals surface area (Å²) in [6.07, 6.45) is 1.58. The van der Waals surface area contributed by atoms with Crippen LogP contribution in [0.5, 0.6) is 5.75 Å². The van der Waals surface area contributed by atoms with Crippen LogP contribution in [0.2, 0.25) is 0 Å². The van der Waals surface area contributed by atoms with Gasteiger partial charge in [0.25, 0.3) is 5.91 Å². The Morgan fingerprint density at radius 2 is 1.94 bits per heavy atom. The lowest BCUT2D eigenvalue weighted by atomic mass is 10.2. The lowest BCUT2D eigenvalue weighted by molar-refractivity contribution is -0.133. The Kier molecular flexibility index (Phi) is 7.84. The highest BCUT2D eigenvalue weighted by molar-refractivity contribution is 8.01. The molecule has 1 saturated heterocycles. The third kappa shape index (κ3) is 6.72. The Balaban J connectivity index is 1.17. The summed E-state index contributed by atoms with van der Waals surface area (Å²) in [5.41, 5.74) is 1.15. The minimum absolute atomic E-state index is 0.0238. The fourth-order valence-corrected chi connectivity index (χ4v) is 4.91.